The van der Waals surface area contributed by atoms with Crippen molar-refractivity contribution in [3.05, 3.63) is 0 Å². The predicted molar refractivity (Wildman–Crippen MR) is 47.3 cm³/mol. The van der Waals surface area contributed by atoms with Gasteiger partial charge in [0.1, 0.15) is 0 Å². The van der Waals surface area contributed by atoms with Crippen molar-refractivity contribution < 1.29 is 4.43 Å². The Bertz CT molecular complexity index is 81.1. The molecule has 0 aromatic rings. The average Bonchev–Trinajstić information content (AvgIpc) is 1.86. The summed E-state index contributed by atoms with van der Waals surface area (Å²) >= 11 is 0. The monoisotopic (exact) mass is 125 g/mol. The van der Waals surface area contributed by atoms with Crippen LogP contribution in [0, 0.1) is 0 Å². The van der Waals surface area contributed by atoms with Crippen LogP contribution in [-0.2, 0) is 4.43 Å². The van der Waals surface area contributed by atoms with E-state index in [9.17, 15) is 0 Å². The maximum absolute atomic E-state index is 5.53. The zero-order valence-corrected chi connectivity index (χ0v) is 6.37. The Morgan fingerprint density at radius 1 is 1.56 bits per heavy atom. The van der Waals surface area contributed by atoms with Crippen LogP contribution in [0.1, 0.15) is 0 Å². The van der Waals surface area contributed by atoms with Crippen LogP contribution >= 0.6 is 0 Å². The molecule has 0 rings (SSSR count). The van der Waals surface area contributed by atoms with E-state index >= 15 is 0 Å². The van der Waals surface area contributed by atoms with Crippen molar-refractivity contribution >= 4 is 51.4 Å². The highest BCUT2D eigenvalue weighted by Gasteiger charge is 2.27. The fourth-order valence-corrected chi connectivity index (χ4v) is 0.946. The topological polar surface area (TPSA) is 9.23 Å². The second-order valence-corrected chi connectivity index (χ2v) is 4.87. The molecule has 8 heteroatoms. The van der Waals surface area contributed by atoms with Crippen LogP contribution in [0.15, 0.2) is 0 Å². The third-order valence-corrected chi connectivity index (χ3v) is 3.41. The van der Waals surface area contributed by atoms with Crippen LogP contribution in [-0.4, -0.2) is 58.5 Å². The van der Waals surface area contributed by atoms with E-state index in [-0.39, 0.29) is 0 Å². The Kier molecular flexibility index (Phi) is 3.90. The maximum Gasteiger partial charge on any atom is 0.0738 e. The lowest BCUT2D eigenvalue weighted by atomic mass is 9.37. The minimum Gasteiger partial charge on any atom is -0.447 e. The third-order valence-electron chi connectivity index (χ3n) is 1.14. The van der Waals surface area contributed by atoms with Crippen LogP contribution < -0.4 is 0 Å². The van der Waals surface area contributed by atoms with Gasteiger partial charge in [-0.1, -0.05) is 0 Å². The molecular formula is CH3B6OSi. The van der Waals surface area contributed by atoms with Crippen LogP contribution in [0.3, 0.4) is 0 Å². The molecule has 35 valence electrons. The molecule has 1 atom stereocenters. The van der Waals surface area contributed by atoms with Crippen molar-refractivity contribution in [2.24, 2.45) is 0 Å². The van der Waals surface area contributed by atoms with Gasteiger partial charge in [0.05, 0.1) is 20.3 Å². The van der Waals surface area contributed by atoms with Crippen LogP contribution in [0.2, 0.25) is 0 Å². The molecule has 9 heavy (non-hydrogen) atoms. The predicted octanol–water partition coefficient (Wildman–Crippen LogP) is -2.57. The molecule has 0 bridgehead atoms. The highest BCUT2D eigenvalue weighted by molar-refractivity contribution is 7.86. The summed E-state index contributed by atoms with van der Waals surface area (Å²) in [5, 5.41) is 0. The van der Waals surface area contributed by atoms with E-state index in [4.69, 9.17) is 35.1 Å². The molecule has 0 fully saturated rings. The summed E-state index contributed by atoms with van der Waals surface area (Å²) in [5.74, 6) is 0. The molecule has 0 saturated heterocycles. The second kappa shape index (κ2) is 3.67. The Hall–Kier alpha value is 0.566. The molecule has 0 aromatic heterocycles. The molecule has 0 spiro atoms. The zero-order valence-electron chi connectivity index (χ0n) is 5.37. The van der Waals surface area contributed by atoms with Gasteiger partial charge in [-0.2, -0.15) is 0 Å². The summed E-state index contributed by atoms with van der Waals surface area (Å²) < 4.78 is 4.83. The Balaban J connectivity index is 3.92. The van der Waals surface area contributed by atoms with Gasteiger partial charge in [0.25, 0.3) is 0 Å². The van der Waals surface area contributed by atoms with E-state index in [0.717, 1.165) is 0 Å². The highest BCUT2D eigenvalue weighted by atomic mass is 28.3. The second-order valence-electron chi connectivity index (χ2n) is 1.75. The molecule has 0 saturated carbocycles. The largest absolute Gasteiger partial charge is 0.447 e. The van der Waals surface area contributed by atoms with Crippen molar-refractivity contribution in [3.63, 3.8) is 0 Å². The van der Waals surface area contributed by atoms with Gasteiger partial charge in [-0.25, -0.2) is 0 Å². The summed E-state index contributed by atoms with van der Waals surface area (Å²) in [6.45, 7) is 1.26. The van der Waals surface area contributed by atoms with Crippen LogP contribution in [0.4, 0.5) is 0 Å². The standard InChI is InChI=1S/CH3B6OSi/c1-8-9(5,6-2)7(3)4/h1H3. The summed E-state index contributed by atoms with van der Waals surface area (Å²) in [7, 11) is 20.1. The fraction of sp³-hybridized carbons (Fsp3) is 1.00. The Morgan fingerprint density at radius 2 is 2.00 bits per heavy atom. The molecule has 0 aliphatic heterocycles. The van der Waals surface area contributed by atoms with Gasteiger partial charge in [-0.05, 0) is 0 Å². The lowest BCUT2D eigenvalue weighted by Gasteiger charge is -2.29. The molecular weight excluding hydrogens is 121 g/mol. The lowest BCUT2D eigenvalue weighted by Crippen LogP contribution is -2.61. The number of rotatable bonds is 3. The number of hydrogen-bond donors (Lipinski definition) is 0. The minimum absolute atomic E-state index is 0.660. The molecule has 1 unspecified atom stereocenters. The Morgan fingerprint density at radius 3 is 2.00 bits per heavy atom. The highest BCUT2D eigenvalue weighted by Crippen LogP contribution is 1.93. The SMILES string of the molecule is [B][B][Si]([B])(OC)B([B])[B]. The van der Waals surface area contributed by atoms with Gasteiger partial charge in [0, 0.05) is 38.2 Å². The van der Waals surface area contributed by atoms with Crippen molar-refractivity contribution in [1.29, 1.82) is 0 Å². The van der Waals surface area contributed by atoms with Gasteiger partial charge < -0.3 is 4.43 Å². The van der Waals surface area contributed by atoms with Gasteiger partial charge in [0.2, 0.25) is 0 Å². The van der Waals surface area contributed by atoms with Gasteiger partial charge in [-0.3, -0.25) is 0 Å². The quantitative estimate of drug-likeness (QED) is 0.376. The molecule has 0 aliphatic carbocycles. The fourth-order valence-electron chi connectivity index (χ4n) is 0.315. The van der Waals surface area contributed by atoms with Gasteiger partial charge in [0.15, 0.2) is 0 Å². The van der Waals surface area contributed by atoms with Crippen molar-refractivity contribution in [3.8, 4) is 0 Å². The molecule has 0 aliphatic rings. The summed E-state index contributed by atoms with van der Waals surface area (Å²) in [6.07, 6.45) is -0.660. The molecule has 1 nitrogen and oxygen atoms in total. The van der Waals surface area contributed by atoms with Crippen LogP contribution in [0.5, 0.6) is 0 Å². The summed E-state index contributed by atoms with van der Waals surface area (Å²) in [6, 6.07) is 0. The first-order valence-electron chi connectivity index (χ1n) is 2.48. The maximum atomic E-state index is 5.53. The van der Waals surface area contributed by atoms with E-state index in [1.165, 1.54) is 13.9 Å². The van der Waals surface area contributed by atoms with Crippen molar-refractivity contribution in [2.75, 3.05) is 7.11 Å². The Labute approximate surface area is 63.5 Å². The normalized spacial score (nSPS) is 16.1. The molecule has 9 radical (unpaired) electrons. The van der Waals surface area contributed by atoms with E-state index < -0.39 is 14.0 Å². The molecule has 0 N–H and O–H groups in total. The van der Waals surface area contributed by atoms with Gasteiger partial charge >= 0.3 is 0 Å². The minimum atomic E-state index is -2.57. The smallest absolute Gasteiger partial charge is 0.0738 e. The summed E-state index contributed by atoms with van der Waals surface area (Å²) in [4.78, 5) is 0. The zero-order chi connectivity index (χ0) is 7.49. The molecule has 0 heterocycles. The number of hydrogen-bond acceptors (Lipinski definition) is 1. The lowest BCUT2D eigenvalue weighted by molar-refractivity contribution is 0.441. The first-order valence-corrected chi connectivity index (χ1v) is 4.62. The van der Waals surface area contributed by atoms with E-state index in [1.807, 2.05) is 0 Å². The molecule has 0 aromatic carbocycles. The third kappa shape index (κ3) is 2.34. The summed E-state index contributed by atoms with van der Waals surface area (Å²) in [5.41, 5.74) is 0. The van der Waals surface area contributed by atoms with Crippen molar-refractivity contribution in [1.82, 2.24) is 0 Å². The van der Waals surface area contributed by atoms with E-state index in [1.54, 1.807) is 0 Å². The van der Waals surface area contributed by atoms with Gasteiger partial charge in [-0.15, -0.1) is 0 Å². The average molecular weight is 124 g/mol. The van der Waals surface area contributed by atoms with E-state index in [0.29, 0.717) is 0 Å². The van der Waals surface area contributed by atoms with Crippen LogP contribution in [0.25, 0.3) is 0 Å². The van der Waals surface area contributed by atoms with Crippen molar-refractivity contribution in [2.45, 2.75) is 0 Å². The first-order chi connectivity index (χ1) is 4.06. The first kappa shape index (κ1) is 9.57. The molecule has 0 amide bonds. The van der Waals surface area contributed by atoms with E-state index in [2.05, 4.69) is 0 Å².